The van der Waals surface area contributed by atoms with Gasteiger partial charge in [-0.25, -0.2) is 8.78 Å². The number of carbonyl (C=O) groups is 2. The fourth-order valence-corrected chi connectivity index (χ4v) is 6.69. The number of hydrogen-bond donors (Lipinski definition) is 4. The summed E-state index contributed by atoms with van der Waals surface area (Å²) in [6.45, 7) is 12.6. The Kier molecular flexibility index (Phi) is 13.0. The van der Waals surface area contributed by atoms with Gasteiger partial charge in [-0.3, -0.25) is 15.0 Å². The van der Waals surface area contributed by atoms with E-state index in [-0.39, 0.29) is 39.7 Å². The van der Waals surface area contributed by atoms with E-state index in [2.05, 4.69) is 10.1 Å². The van der Waals surface area contributed by atoms with Gasteiger partial charge in [0, 0.05) is 92.7 Å². The van der Waals surface area contributed by atoms with Crippen molar-refractivity contribution < 1.29 is 27.8 Å². The number of anilines is 2. The normalized spacial score (nSPS) is 17.3. The number of amidine groups is 1. The van der Waals surface area contributed by atoms with E-state index in [1.807, 2.05) is 32.6 Å². The average molecular weight is 718 g/mol. The van der Waals surface area contributed by atoms with Crippen LogP contribution in [-0.2, 0) is 32.0 Å². The minimum absolute atomic E-state index is 0.0559. The summed E-state index contributed by atoms with van der Waals surface area (Å²) in [6, 6.07) is 3.51. The summed E-state index contributed by atoms with van der Waals surface area (Å²) in [4.78, 5) is 25.5. The van der Waals surface area contributed by atoms with Gasteiger partial charge in [-0.15, -0.1) is 0 Å². The van der Waals surface area contributed by atoms with Gasteiger partial charge in [0.05, 0.1) is 23.0 Å². The molecule has 50 heavy (non-hydrogen) atoms. The second-order valence-electron chi connectivity index (χ2n) is 13.6. The molecule has 5 rings (SSSR count). The molecule has 1 aromatic heterocycles. The summed E-state index contributed by atoms with van der Waals surface area (Å²) < 4.78 is 41.3. The summed E-state index contributed by atoms with van der Waals surface area (Å²) >= 11 is 6.35. The Balaban J connectivity index is 0.000000727. The van der Waals surface area contributed by atoms with Crippen molar-refractivity contribution in [3.8, 4) is 11.1 Å². The lowest BCUT2D eigenvalue weighted by molar-refractivity contribution is -0.138. The Labute approximate surface area is 298 Å². The Morgan fingerprint density at radius 1 is 1.20 bits per heavy atom. The van der Waals surface area contributed by atoms with Crippen LogP contribution in [0, 0.1) is 5.41 Å². The minimum Gasteiger partial charge on any atom is -0.462 e. The quantitative estimate of drug-likeness (QED) is 0.144. The lowest BCUT2D eigenvalue weighted by atomic mass is 9.91. The fourth-order valence-electron chi connectivity index (χ4n) is 6.48. The van der Waals surface area contributed by atoms with Crippen LogP contribution >= 0.6 is 11.6 Å². The zero-order valence-corrected chi connectivity index (χ0v) is 30.3. The zero-order valence-electron chi connectivity index (χ0n) is 29.6. The largest absolute Gasteiger partial charge is 0.462 e. The number of carbonyl (C=O) groups excluding carboxylic acids is 2. The first kappa shape index (κ1) is 38.7. The molecule has 274 valence electrons. The van der Waals surface area contributed by atoms with Gasteiger partial charge in [0.1, 0.15) is 11.4 Å². The third kappa shape index (κ3) is 8.97. The first-order valence-corrected chi connectivity index (χ1v) is 17.4. The SMILES string of the molecule is CC(C)(C)OC=O.CCn1cc(-c2cc3c(cc2C(F)F)N(C(=N)C2=C(NC4CCOCC4)CCN(C(C)=O)C2)CCC3)c(N)c1/C(Cl)=C\N. The van der Waals surface area contributed by atoms with Crippen molar-refractivity contribution >= 4 is 46.2 Å². The van der Waals surface area contributed by atoms with Crippen molar-refractivity contribution in [2.45, 2.75) is 91.3 Å². The average Bonchev–Trinajstić information content (AvgIpc) is 3.42. The van der Waals surface area contributed by atoms with E-state index < -0.39 is 6.43 Å². The molecule has 0 bridgehead atoms. The molecule has 3 aliphatic heterocycles. The smallest absolute Gasteiger partial charge is 0.293 e. The maximum atomic E-state index is 14.7. The number of nitrogens with one attached hydrogen (secondary N) is 2. The van der Waals surface area contributed by atoms with Crippen LogP contribution in [0.1, 0.15) is 83.5 Å². The van der Waals surface area contributed by atoms with Crippen LogP contribution in [0.4, 0.5) is 20.2 Å². The number of benzene rings is 1. The second-order valence-corrected chi connectivity index (χ2v) is 14.0. The number of hydrogen-bond acceptors (Lipinski definition) is 8. The maximum Gasteiger partial charge on any atom is 0.293 e. The Bertz CT molecular complexity index is 1630. The summed E-state index contributed by atoms with van der Waals surface area (Å²) in [7, 11) is 0. The second kappa shape index (κ2) is 16.7. The molecular weight excluding hydrogens is 668 g/mol. The van der Waals surface area contributed by atoms with E-state index in [1.165, 1.54) is 19.2 Å². The number of nitrogen functional groups attached to an aromatic ring is 1. The fraction of sp³-hybridized carbons (Fsp3) is 0.528. The first-order chi connectivity index (χ1) is 23.7. The molecule has 11 nitrogen and oxygen atoms in total. The molecule has 0 aliphatic carbocycles. The van der Waals surface area contributed by atoms with Crippen LogP contribution in [0.2, 0.25) is 0 Å². The van der Waals surface area contributed by atoms with Crippen molar-refractivity contribution in [3.05, 3.63) is 52.6 Å². The van der Waals surface area contributed by atoms with E-state index in [4.69, 9.17) is 27.8 Å². The molecule has 1 fully saturated rings. The van der Waals surface area contributed by atoms with Crippen LogP contribution in [-0.4, -0.2) is 72.2 Å². The Hall–Kier alpha value is -4.10. The van der Waals surface area contributed by atoms with Gasteiger partial charge >= 0.3 is 0 Å². The van der Waals surface area contributed by atoms with E-state index in [0.29, 0.717) is 81.2 Å². The van der Waals surface area contributed by atoms with Crippen LogP contribution in [0.25, 0.3) is 16.2 Å². The third-order valence-corrected chi connectivity index (χ3v) is 9.38. The van der Waals surface area contributed by atoms with Gasteiger partial charge in [0.15, 0.2) is 0 Å². The highest BCUT2D eigenvalue weighted by molar-refractivity contribution is 6.49. The summed E-state index contributed by atoms with van der Waals surface area (Å²) in [5.74, 6) is 0.174. The topological polar surface area (TPSA) is 152 Å². The molecule has 3 aliphatic rings. The molecule has 6 N–H and O–H groups in total. The van der Waals surface area contributed by atoms with Gasteiger partial charge in [0.2, 0.25) is 5.91 Å². The van der Waals surface area contributed by atoms with Crippen LogP contribution < -0.4 is 21.7 Å². The number of nitrogens with zero attached hydrogens (tertiary/aromatic N) is 3. The third-order valence-electron chi connectivity index (χ3n) is 9.07. The highest BCUT2D eigenvalue weighted by atomic mass is 35.5. The zero-order chi connectivity index (χ0) is 36.7. The molecule has 1 saturated heterocycles. The molecule has 0 radical (unpaired) electrons. The molecule has 1 amide bonds. The number of fused-ring (bicyclic) bond motifs is 1. The molecule has 14 heteroatoms. The van der Waals surface area contributed by atoms with Gasteiger partial charge < -0.3 is 40.6 Å². The van der Waals surface area contributed by atoms with E-state index in [0.717, 1.165) is 36.1 Å². The predicted octanol–water partition coefficient (Wildman–Crippen LogP) is 6.15. The number of halogens is 3. The summed E-state index contributed by atoms with van der Waals surface area (Å²) in [6.07, 6.45) is 3.96. The molecule has 0 saturated carbocycles. The van der Waals surface area contributed by atoms with Crippen molar-refractivity contribution in [2.75, 3.05) is 43.5 Å². The molecule has 2 aromatic rings. The molecule has 1 aromatic carbocycles. The van der Waals surface area contributed by atoms with Gasteiger partial charge in [-0.2, -0.15) is 0 Å². The number of rotatable bonds is 8. The Morgan fingerprint density at radius 3 is 2.46 bits per heavy atom. The van der Waals surface area contributed by atoms with E-state index in [9.17, 15) is 23.8 Å². The number of aryl methyl sites for hydroxylation is 2. The highest BCUT2D eigenvalue weighted by Crippen LogP contribution is 2.44. The van der Waals surface area contributed by atoms with E-state index >= 15 is 0 Å². The number of amides is 1. The lowest BCUT2D eigenvalue weighted by Gasteiger charge is -2.38. The van der Waals surface area contributed by atoms with Gasteiger partial charge in [-0.1, -0.05) is 11.6 Å². The van der Waals surface area contributed by atoms with Crippen LogP contribution in [0.5, 0.6) is 0 Å². The molecule has 0 atom stereocenters. The predicted molar refractivity (Wildman–Crippen MR) is 194 cm³/mol. The van der Waals surface area contributed by atoms with Crippen LogP contribution in [0.3, 0.4) is 0 Å². The van der Waals surface area contributed by atoms with Crippen molar-refractivity contribution in [2.24, 2.45) is 5.73 Å². The number of alkyl halides is 2. The molecule has 4 heterocycles. The Morgan fingerprint density at radius 2 is 1.90 bits per heavy atom. The highest BCUT2D eigenvalue weighted by Gasteiger charge is 2.32. The van der Waals surface area contributed by atoms with Crippen molar-refractivity contribution in [3.63, 3.8) is 0 Å². The van der Waals surface area contributed by atoms with Gasteiger partial charge in [-0.05, 0) is 76.6 Å². The lowest BCUT2D eigenvalue weighted by Crippen LogP contribution is -2.46. The minimum atomic E-state index is -2.78. The standard InChI is InChI=1S/C31H40ClF2N7O2.C5H10O2/c1-3-39-16-23(28(36)29(39)25(32)15-35)21-13-19-5-4-9-41(27(19)14-22(21)30(33)34)31(37)24-17-40(18(2)42)10-6-26(24)38-20-7-11-43-12-8-20;1-5(2,3)7-4-6/h13-16,20,30,37-38H,3-12,17,35-36H2,1-2H3;4H,1-3H3/b25-15+,37-31?;. The van der Waals surface area contributed by atoms with Crippen molar-refractivity contribution in [1.29, 1.82) is 5.41 Å². The summed E-state index contributed by atoms with van der Waals surface area (Å²) in [5.41, 5.74) is 16.4. The number of ether oxygens (including phenoxy) is 2. The monoisotopic (exact) mass is 717 g/mol. The molecule has 0 spiro atoms. The van der Waals surface area contributed by atoms with Crippen LogP contribution in [0.15, 0.2) is 35.8 Å². The van der Waals surface area contributed by atoms with E-state index in [1.54, 1.807) is 21.7 Å². The maximum absolute atomic E-state index is 14.7. The molecular formula is C36H50ClF2N7O4. The van der Waals surface area contributed by atoms with Crippen molar-refractivity contribution in [1.82, 2.24) is 14.8 Å². The molecule has 0 unspecified atom stereocenters. The summed E-state index contributed by atoms with van der Waals surface area (Å²) in [5, 5.41) is 13.2. The number of aromatic nitrogens is 1. The first-order valence-electron chi connectivity index (χ1n) is 17.0. The van der Waals surface area contributed by atoms with Gasteiger partial charge in [0.25, 0.3) is 12.9 Å². The number of nitrogens with two attached hydrogens (primary N) is 2.